The minimum absolute atomic E-state index is 0.274. The molecule has 0 spiro atoms. The molecule has 0 aromatic carbocycles. The fourth-order valence-corrected chi connectivity index (χ4v) is 1.60. The van der Waals surface area contributed by atoms with Gasteiger partial charge in [0.25, 0.3) is 0 Å². The molecule has 0 atom stereocenters. The van der Waals surface area contributed by atoms with Crippen LogP contribution in [-0.2, 0) is 12.5 Å². The van der Waals surface area contributed by atoms with Gasteiger partial charge in [-0.1, -0.05) is 20.8 Å². The zero-order valence-corrected chi connectivity index (χ0v) is 9.02. The summed E-state index contributed by atoms with van der Waals surface area (Å²) in [5.74, 6) is 0. The van der Waals surface area contributed by atoms with Gasteiger partial charge >= 0.3 is 0 Å². The summed E-state index contributed by atoms with van der Waals surface area (Å²) in [5.41, 5.74) is 4.54. The lowest BCUT2D eigenvalue weighted by atomic mass is 9.86. The SMILES string of the molecule is Cc1c(C(C)(C)C)cn(C)c1C. The van der Waals surface area contributed by atoms with Gasteiger partial charge in [-0.2, -0.15) is 0 Å². The lowest BCUT2D eigenvalue weighted by Crippen LogP contribution is -2.11. The predicted molar refractivity (Wildman–Crippen MR) is 53.6 cm³/mol. The van der Waals surface area contributed by atoms with E-state index in [0.29, 0.717) is 0 Å². The lowest BCUT2D eigenvalue weighted by Gasteiger charge is -2.18. The Kier molecular flexibility index (Phi) is 2.07. The smallest absolute Gasteiger partial charge is 0.0173 e. The monoisotopic (exact) mass is 165 g/mol. The Balaban J connectivity index is 3.28. The molecule has 0 radical (unpaired) electrons. The van der Waals surface area contributed by atoms with E-state index in [-0.39, 0.29) is 5.41 Å². The quantitative estimate of drug-likeness (QED) is 0.557. The summed E-state index contributed by atoms with van der Waals surface area (Å²) in [6.45, 7) is 11.2. The first-order chi connectivity index (χ1) is 5.34. The van der Waals surface area contributed by atoms with E-state index in [1.54, 1.807) is 0 Å². The van der Waals surface area contributed by atoms with Crippen molar-refractivity contribution < 1.29 is 0 Å². The number of rotatable bonds is 0. The average molecular weight is 165 g/mol. The van der Waals surface area contributed by atoms with Crippen molar-refractivity contribution in [3.05, 3.63) is 23.0 Å². The average Bonchev–Trinajstić information content (AvgIpc) is 2.15. The highest BCUT2D eigenvalue weighted by molar-refractivity contribution is 5.34. The van der Waals surface area contributed by atoms with Crippen molar-refractivity contribution in [1.29, 1.82) is 0 Å². The van der Waals surface area contributed by atoms with Crippen LogP contribution in [-0.4, -0.2) is 4.57 Å². The number of nitrogens with zero attached hydrogens (tertiary/aromatic N) is 1. The summed E-state index contributed by atoms with van der Waals surface area (Å²) >= 11 is 0. The molecule has 0 aliphatic carbocycles. The first-order valence-electron chi connectivity index (χ1n) is 4.47. The molecular weight excluding hydrogens is 146 g/mol. The van der Waals surface area contributed by atoms with Gasteiger partial charge in [0, 0.05) is 18.9 Å². The Labute approximate surface area is 75.4 Å². The number of hydrogen-bond donors (Lipinski definition) is 0. The maximum Gasteiger partial charge on any atom is 0.0173 e. The van der Waals surface area contributed by atoms with Crippen LogP contribution in [0.15, 0.2) is 6.20 Å². The molecule has 0 aliphatic heterocycles. The molecule has 0 fully saturated rings. The molecule has 68 valence electrons. The number of hydrogen-bond acceptors (Lipinski definition) is 0. The van der Waals surface area contributed by atoms with Gasteiger partial charge in [0.1, 0.15) is 0 Å². The van der Waals surface area contributed by atoms with Gasteiger partial charge in [0.05, 0.1) is 0 Å². The van der Waals surface area contributed by atoms with Crippen molar-refractivity contribution in [1.82, 2.24) is 4.57 Å². The Morgan fingerprint density at radius 1 is 1.17 bits per heavy atom. The third kappa shape index (κ3) is 1.40. The van der Waals surface area contributed by atoms with Gasteiger partial charge in [-0.25, -0.2) is 0 Å². The van der Waals surface area contributed by atoms with Crippen LogP contribution in [0.5, 0.6) is 0 Å². The zero-order valence-electron chi connectivity index (χ0n) is 9.02. The van der Waals surface area contributed by atoms with Crippen LogP contribution < -0.4 is 0 Å². The highest BCUT2D eigenvalue weighted by Crippen LogP contribution is 2.27. The predicted octanol–water partition coefficient (Wildman–Crippen LogP) is 2.94. The molecule has 0 saturated carbocycles. The summed E-state index contributed by atoms with van der Waals surface area (Å²) in [5, 5.41) is 0. The van der Waals surface area contributed by atoms with Crippen molar-refractivity contribution >= 4 is 0 Å². The molecule has 0 saturated heterocycles. The van der Waals surface area contributed by atoms with Crippen LogP contribution >= 0.6 is 0 Å². The lowest BCUT2D eigenvalue weighted by molar-refractivity contribution is 0.586. The molecular formula is C11H19N. The van der Waals surface area contributed by atoms with Crippen LogP contribution in [0, 0.1) is 13.8 Å². The van der Waals surface area contributed by atoms with Crippen molar-refractivity contribution in [3.63, 3.8) is 0 Å². The summed E-state index contributed by atoms with van der Waals surface area (Å²) < 4.78 is 2.20. The van der Waals surface area contributed by atoms with Gasteiger partial charge in [-0.3, -0.25) is 0 Å². The standard InChI is InChI=1S/C11H19N/c1-8-9(2)12(6)7-10(8)11(3,4)5/h7H,1-6H3. The van der Waals surface area contributed by atoms with Crippen molar-refractivity contribution in [2.45, 2.75) is 40.0 Å². The molecule has 1 aromatic heterocycles. The van der Waals surface area contributed by atoms with E-state index in [1.165, 1.54) is 16.8 Å². The fourth-order valence-electron chi connectivity index (χ4n) is 1.60. The van der Waals surface area contributed by atoms with E-state index in [4.69, 9.17) is 0 Å². The molecule has 0 unspecified atom stereocenters. The maximum absolute atomic E-state index is 2.26. The van der Waals surface area contributed by atoms with Crippen molar-refractivity contribution in [2.75, 3.05) is 0 Å². The first-order valence-corrected chi connectivity index (χ1v) is 4.47. The van der Waals surface area contributed by atoms with Crippen LogP contribution in [0.25, 0.3) is 0 Å². The zero-order chi connectivity index (χ0) is 9.52. The molecule has 1 nitrogen and oxygen atoms in total. The van der Waals surface area contributed by atoms with Gasteiger partial charge in [-0.15, -0.1) is 0 Å². The first kappa shape index (κ1) is 9.37. The van der Waals surface area contributed by atoms with Crippen LogP contribution in [0.2, 0.25) is 0 Å². The van der Waals surface area contributed by atoms with E-state index in [0.717, 1.165) is 0 Å². The summed E-state index contributed by atoms with van der Waals surface area (Å²) in [6.07, 6.45) is 2.24. The van der Waals surface area contributed by atoms with Crippen molar-refractivity contribution in [2.24, 2.45) is 7.05 Å². The van der Waals surface area contributed by atoms with Gasteiger partial charge in [0.2, 0.25) is 0 Å². The van der Waals surface area contributed by atoms with E-state index < -0.39 is 0 Å². The molecule has 1 rings (SSSR count). The molecule has 0 amide bonds. The summed E-state index contributed by atoms with van der Waals surface area (Å²) in [4.78, 5) is 0. The maximum atomic E-state index is 2.26. The third-order valence-corrected chi connectivity index (χ3v) is 2.61. The third-order valence-electron chi connectivity index (χ3n) is 2.61. The second kappa shape index (κ2) is 2.65. The minimum Gasteiger partial charge on any atom is -0.354 e. The molecule has 1 heteroatoms. The topological polar surface area (TPSA) is 4.93 Å². The summed E-state index contributed by atoms with van der Waals surface area (Å²) in [7, 11) is 2.11. The number of aryl methyl sites for hydroxylation is 1. The van der Waals surface area contributed by atoms with Gasteiger partial charge in [-0.05, 0) is 30.4 Å². The Morgan fingerprint density at radius 2 is 1.67 bits per heavy atom. The molecule has 1 aromatic rings. The summed E-state index contributed by atoms with van der Waals surface area (Å²) in [6, 6.07) is 0. The van der Waals surface area contributed by atoms with E-state index in [1.807, 2.05) is 0 Å². The molecule has 0 bridgehead atoms. The second-order valence-electron chi connectivity index (χ2n) is 4.61. The normalized spacial score (nSPS) is 12.2. The molecule has 12 heavy (non-hydrogen) atoms. The molecule has 1 heterocycles. The van der Waals surface area contributed by atoms with Gasteiger partial charge in [0.15, 0.2) is 0 Å². The van der Waals surface area contributed by atoms with Crippen LogP contribution in [0.4, 0.5) is 0 Å². The highest BCUT2D eigenvalue weighted by Gasteiger charge is 2.19. The van der Waals surface area contributed by atoms with Crippen LogP contribution in [0.3, 0.4) is 0 Å². The molecule has 0 N–H and O–H groups in total. The Hall–Kier alpha value is -0.720. The highest BCUT2D eigenvalue weighted by atomic mass is 14.9. The Morgan fingerprint density at radius 3 is 1.83 bits per heavy atom. The van der Waals surface area contributed by atoms with E-state index >= 15 is 0 Å². The largest absolute Gasteiger partial charge is 0.354 e. The number of aromatic nitrogens is 1. The van der Waals surface area contributed by atoms with E-state index in [9.17, 15) is 0 Å². The minimum atomic E-state index is 0.274. The molecule has 0 aliphatic rings. The van der Waals surface area contributed by atoms with Gasteiger partial charge < -0.3 is 4.57 Å². The second-order valence-corrected chi connectivity index (χ2v) is 4.61. The Bertz CT molecular complexity index is 287. The van der Waals surface area contributed by atoms with Crippen molar-refractivity contribution in [3.8, 4) is 0 Å². The van der Waals surface area contributed by atoms with Crippen LogP contribution in [0.1, 0.15) is 37.6 Å². The van der Waals surface area contributed by atoms with E-state index in [2.05, 4.69) is 52.4 Å². The fraction of sp³-hybridized carbons (Fsp3) is 0.636.